The number of rotatable bonds is 4. The SMILES string of the molecule is CSc1ccc(CC(C#N)C(C)C)cc1. The summed E-state index contributed by atoms with van der Waals surface area (Å²) in [6.45, 7) is 4.20. The molecule has 0 heterocycles. The monoisotopic (exact) mass is 219 g/mol. The van der Waals surface area contributed by atoms with Crippen molar-refractivity contribution in [2.45, 2.75) is 25.2 Å². The van der Waals surface area contributed by atoms with Crippen molar-refractivity contribution in [1.82, 2.24) is 0 Å². The number of benzene rings is 1. The quantitative estimate of drug-likeness (QED) is 0.720. The zero-order valence-electron chi connectivity index (χ0n) is 9.53. The summed E-state index contributed by atoms with van der Waals surface area (Å²) in [5, 5.41) is 9.00. The second kappa shape index (κ2) is 5.82. The molecule has 0 N–H and O–H groups in total. The van der Waals surface area contributed by atoms with Crippen LogP contribution >= 0.6 is 11.8 Å². The minimum atomic E-state index is 0.130. The van der Waals surface area contributed by atoms with E-state index in [0.29, 0.717) is 5.92 Å². The van der Waals surface area contributed by atoms with E-state index in [1.807, 2.05) is 0 Å². The van der Waals surface area contributed by atoms with E-state index in [1.165, 1.54) is 10.5 Å². The van der Waals surface area contributed by atoms with E-state index in [2.05, 4.69) is 50.4 Å². The molecule has 1 unspecified atom stereocenters. The molecule has 0 aromatic heterocycles. The van der Waals surface area contributed by atoms with Crippen LogP contribution in [0.2, 0.25) is 0 Å². The van der Waals surface area contributed by atoms with Crippen LogP contribution < -0.4 is 0 Å². The van der Waals surface area contributed by atoms with Gasteiger partial charge in [-0.25, -0.2) is 0 Å². The Morgan fingerprint density at radius 3 is 2.27 bits per heavy atom. The molecule has 0 aliphatic heterocycles. The molecule has 0 radical (unpaired) electrons. The minimum absolute atomic E-state index is 0.130. The Bertz CT molecular complexity index is 335. The summed E-state index contributed by atoms with van der Waals surface area (Å²) >= 11 is 1.74. The first-order valence-electron chi connectivity index (χ1n) is 5.20. The normalized spacial score (nSPS) is 12.5. The van der Waals surface area contributed by atoms with Crippen LogP contribution in [0.4, 0.5) is 0 Å². The Morgan fingerprint density at radius 1 is 1.27 bits per heavy atom. The zero-order chi connectivity index (χ0) is 11.3. The van der Waals surface area contributed by atoms with Crippen molar-refractivity contribution in [1.29, 1.82) is 5.26 Å². The van der Waals surface area contributed by atoms with Crippen LogP contribution in [0.15, 0.2) is 29.2 Å². The lowest BCUT2D eigenvalue weighted by atomic mass is 9.91. The maximum Gasteiger partial charge on any atom is 0.0661 e. The van der Waals surface area contributed by atoms with Gasteiger partial charge in [-0.1, -0.05) is 26.0 Å². The fourth-order valence-corrected chi connectivity index (χ4v) is 1.85. The molecule has 0 bridgehead atoms. The molecule has 1 atom stereocenters. The molecule has 1 aromatic carbocycles. The van der Waals surface area contributed by atoms with Crippen LogP contribution in [0.1, 0.15) is 19.4 Å². The first kappa shape index (κ1) is 12.1. The molecule has 0 spiro atoms. The van der Waals surface area contributed by atoms with E-state index in [0.717, 1.165) is 6.42 Å². The molecule has 2 heteroatoms. The van der Waals surface area contributed by atoms with E-state index in [1.54, 1.807) is 11.8 Å². The van der Waals surface area contributed by atoms with Gasteiger partial charge in [0.2, 0.25) is 0 Å². The average Bonchev–Trinajstić information content (AvgIpc) is 2.26. The molecule has 80 valence electrons. The van der Waals surface area contributed by atoms with Gasteiger partial charge in [0.1, 0.15) is 0 Å². The standard InChI is InChI=1S/C13H17NS/c1-10(2)12(9-14)8-11-4-6-13(15-3)7-5-11/h4-7,10,12H,8H2,1-3H3. The molecule has 1 rings (SSSR count). The molecule has 0 amide bonds. The highest BCUT2D eigenvalue weighted by atomic mass is 32.2. The maximum absolute atomic E-state index is 9.00. The molecule has 1 aromatic rings. The predicted octanol–water partition coefficient (Wildman–Crippen LogP) is 3.75. The summed E-state index contributed by atoms with van der Waals surface area (Å²) in [5.74, 6) is 0.556. The number of hydrogen-bond acceptors (Lipinski definition) is 2. The van der Waals surface area contributed by atoms with E-state index in [4.69, 9.17) is 5.26 Å². The highest BCUT2D eigenvalue weighted by Gasteiger charge is 2.12. The Labute approximate surface area is 96.5 Å². The summed E-state index contributed by atoms with van der Waals surface area (Å²) in [6, 6.07) is 10.9. The Morgan fingerprint density at radius 2 is 1.87 bits per heavy atom. The van der Waals surface area contributed by atoms with Crippen LogP contribution in [-0.2, 0) is 6.42 Å². The van der Waals surface area contributed by atoms with Gasteiger partial charge in [-0.3, -0.25) is 0 Å². The van der Waals surface area contributed by atoms with Crippen molar-refractivity contribution < 1.29 is 0 Å². The molecule has 0 aliphatic carbocycles. The number of thioether (sulfide) groups is 1. The van der Waals surface area contributed by atoms with Crippen molar-refractivity contribution in [3.63, 3.8) is 0 Å². The van der Waals surface area contributed by atoms with Gasteiger partial charge in [-0.05, 0) is 36.3 Å². The lowest BCUT2D eigenvalue weighted by Crippen LogP contribution is -2.09. The molecular formula is C13H17NS. The fraction of sp³-hybridized carbons (Fsp3) is 0.462. The van der Waals surface area contributed by atoms with Crippen LogP contribution in [0.3, 0.4) is 0 Å². The first-order chi connectivity index (χ1) is 7.17. The number of hydrogen-bond donors (Lipinski definition) is 0. The van der Waals surface area contributed by atoms with Gasteiger partial charge in [0, 0.05) is 4.90 Å². The smallest absolute Gasteiger partial charge is 0.0661 e. The van der Waals surface area contributed by atoms with Crippen LogP contribution in [0, 0.1) is 23.2 Å². The van der Waals surface area contributed by atoms with Gasteiger partial charge in [0.15, 0.2) is 0 Å². The first-order valence-corrected chi connectivity index (χ1v) is 6.42. The van der Waals surface area contributed by atoms with Gasteiger partial charge in [-0.15, -0.1) is 11.8 Å². The van der Waals surface area contributed by atoms with Gasteiger partial charge in [0.05, 0.1) is 12.0 Å². The highest BCUT2D eigenvalue weighted by Crippen LogP contribution is 2.19. The number of nitriles is 1. The maximum atomic E-state index is 9.00. The number of nitrogens with zero attached hydrogens (tertiary/aromatic N) is 1. The second-order valence-electron chi connectivity index (χ2n) is 4.03. The average molecular weight is 219 g/mol. The van der Waals surface area contributed by atoms with Gasteiger partial charge in [0.25, 0.3) is 0 Å². The molecule has 0 aliphatic rings. The van der Waals surface area contributed by atoms with E-state index in [9.17, 15) is 0 Å². The molecule has 0 fully saturated rings. The second-order valence-corrected chi connectivity index (χ2v) is 4.91. The topological polar surface area (TPSA) is 23.8 Å². The van der Waals surface area contributed by atoms with Crippen LogP contribution in [0.5, 0.6) is 0 Å². The zero-order valence-corrected chi connectivity index (χ0v) is 10.3. The van der Waals surface area contributed by atoms with Gasteiger partial charge < -0.3 is 0 Å². The van der Waals surface area contributed by atoms with Gasteiger partial charge >= 0.3 is 0 Å². The summed E-state index contributed by atoms with van der Waals surface area (Å²) in [7, 11) is 0. The van der Waals surface area contributed by atoms with E-state index >= 15 is 0 Å². The van der Waals surface area contributed by atoms with Crippen molar-refractivity contribution in [2.24, 2.45) is 11.8 Å². The molecular weight excluding hydrogens is 202 g/mol. The lowest BCUT2D eigenvalue weighted by Gasteiger charge is -2.12. The molecule has 0 saturated heterocycles. The lowest BCUT2D eigenvalue weighted by molar-refractivity contribution is 0.474. The van der Waals surface area contributed by atoms with Crippen molar-refractivity contribution in [3.05, 3.63) is 29.8 Å². The van der Waals surface area contributed by atoms with E-state index in [-0.39, 0.29) is 5.92 Å². The fourth-order valence-electron chi connectivity index (χ4n) is 1.45. The third kappa shape index (κ3) is 3.60. The minimum Gasteiger partial charge on any atom is -0.198 e. The van der Waals surface area contributed by atoms with Crippen LogP contribution in [0.25, 0.3) is 0 Å². The summed E-state index contributed by atoms with van der Waals surface area (Å²) in [5.41, 5.74) is 1.26. The molecule has 0 saturated carbocycles. The van der Waals surface area contributed by atoms with Crippen molar-refractivity contribution in [2.75, 3.05) is 6.26 Å². The highest BCUT2D eigenvalue weighted by molar-refractivity contribution is 7.98. The van der Waals surface area contributed by atoms with Gasteiger partial charge in [-0.2, -0.15) is 5.26 Å². The summed E-state index contributed by atoms with van der Waals surface area (Å²) in [4.78, 5) is 1.27. The Hall–Kier alpha value is -0.940. The summed E-state index contributed by atoms with van der Waals surface area (Å²) in [6.07, 6.45) is 2.93. The largest absolute Gasteiger partial charge is 0.198 e. The third-order valence-electron chi connectivity index (χ3n) is 2.59. The summed E-state index contributed by atoms with van der Waals surface area (Å²) < 4.78 is 0. The van der Waals surface area contributed by atoms with Crippen molar-refractivity contribution in [3.8, 4) is 6.07 Å². The van der Waals surface area contributed by atoms with E-state index < -0.39 is 0 Å². The third-order valence-corrected chi connectivity index (χ3v) is 3.33. The molecule has 1 nitrogen and oxygen atoms in total. The predicted molar refractivity (Wildman–Crippen MR) is 65.9 cm³/mol. The van der Waals surface area contributed by atoms with Crippen molar-refractivity contribution >= 4 is 11.8 Å². The molecule has 15 heavy (non-hydrogen) atoms. The Kier molecular flexibility index (Phi) is 4.71. The van der Waals surface area contributed by atoms with Crippen LogP contribution in [-0.4, -0.2) is 6.26 Å². The Balaban J connectivity index is 2.68.